The summed E-state index contributed by atoms with van der Waals surface area (Å²) >= 11 is 0. The molecule has 1 fully saturated rings. The molecular weight excluding hydrogens is 263 g/mol. The topological polar surface area (TPSA) is 64.4 Å². The normalized spacial score (nSPS) is 18.9. The van der Waals surface area contributed by atoms with Crippen LogP contribution in [0.2, 0.25) is 0 Å². The Morgan fingerprint density at radius 2 is 2.30 bits per heavy atom. The fraction of sp³-hybridized carbons (Fsp3) is 0.571. The molecule has 1 heterocycles. The van der Waals surface area contributed by atoms with E-state index in [1.807, 2.05) is 0 Å². The van der Waals surface area contributed by atoms with Crippen LogP contribution in [0.15, 0.2) is 18.2 Å². The Hall–Kier alpha value is -1.53. The van der Waals surface area contributed by atoms with Crippen LogP contribution in [-0.4, -0.2) is 24.1 Å². The molecule has 0 amide bonds. The zero-order valence-corrected chi connectivity index (χ0v) is 11.3. The Bertz CT molecular complexity index is 462. The first-order valence-corrected chi connectivity index (χ1v) is 6.91. The Morgan fingerprint density at radius 1 is 1.45 bits per heavy atom. The minimum absolute atomic E-state index is 0.0697. The zero-order valence-electron chi connectivity index (χ0n) is 11.3. The standard InChI is InChI=1S/C14H19FN2O3/c15-14-11(4-3-6-13(14)17(18)19)10-20-9-7-12-5-1-2-8-16-12/h3-4,6,12,16H,1-2,5,7-10H2. The van der Waals surface area contributed by atoms with Gasteiger partial charge in [0.15, 0.2) is 0 Å². The lowest BCUT2D eigenvalue weighted by molar-refractivity contribution is -0.387. The molecule has 2 rings (SSSR count). The number of nitro groups is 1. The fourth-order valence-electron chi connectivity index (χ4n) is 2.40. The van der Waals surface area contributed by atoms with Crippen LogP contribution in [0.25, 0.3) is 0 Å². The summed E-state index contributed by atoms with van der Waals surface area (Å²) in [6, 6.07) is 4.62. The van der Waals surface area contributed by atoms with Crippen LogP contribution in [0.3, 0.4) is 0 Å². The maximum atomic E-state index is 13.8. The fourth-order valence-corrected chi connectivity index (χ4v) is 2.40. The van der Waals surface area contributed by atoms with Crippen molar-refractivity contribution in [2.45, 2.75) is 38.3 Å². The molecule has 5 nitrogen and oxygen atoms in total. The predicted octanol–water partition coefficient (Wildman–Crippen LogP) is 2.78. The van der Waals surface area contributed by atoms with E-state index in [0.29, 0.717) is 12.6 Å². The quantitative estimate of drug-likeness (QED) is 0.495. The van der Waals surface area contributed by atoms with E-state index in [1.54, 1.807) is 0 Å². The number of nitro benzene ring substituents is 1. The summed E-state index contributed by atoms with van der Waals surface area (Å²) in [7, 11) is 0. The van der Waals surface area contributed by atoms with E-state index >= 15 is 0 Å². The summed E-state index contributed by atoms with van der Waals surface area (Å²) in [6.07, 6.45) is 4.48. The molecule has 1 N–H and O–H groups in total. The van der Waals surface area contributed by atoms with Crippen LogP contribution in [0.1, 0.15) is 31.2 Å². The molecule has 0 radical (unpaired) electrons. The Balaban J connectivity index is 1.79. The second-order valence-corrected chi connectivity index (χ2v) is 5.00. The third-order valence-corrected chi connectivity index (χ3v) is 3.54. The maximum Gasteiger partial charge on any atom is 0.305 e. The largest absolute Gasteiger partial charge is 0.377 e. The number of benzene rings is 1. The predicted molar refractivity (Wildman–Crippen MR) is 73.0 cm³/mol. The van der Waals surface area contributed by atoms with Crippen LogP contribution in [0.4, 0.5) is 10.1 Å². The van der Waals surface area contributed by atoms with Crippen LogP contribution < -0.4 is 5.32 Å². The lowest BCUT2D eigenvalue weighted by Gasteiger charge is -2.23. The lowest BCUT2D eigenvalue weighted by atomic mass is 10.0. The molecule has 0 aromatic heterocycles. The first-order valence-electron chi connectivity index (χ1n) is 6.91. The number of hydrogen-bond acceptors (Lipinski definition) is 4. The van der Waals surface area contributed by atoms with Crippen LogP contribution >= 0.6 is 0 Å². The molecule has 1 aromatic carbocycles. The zero-order chi connectivity index (χ0) is 14.4. The van der Waals surface area contributed by atoms with Crippen molar-refractivity contribution in [3.63, 3.8) is 0 Å². The molecule has 0 spiro atoms. The third-order valence-electron chi connectivity index (χ3n) is 3.54. The van der Waals surface area contributed by atoms with Gasteiger partial charge in [0.2, 0.25) is 5.82 Å². The first kappa shape index (κ1) is 14.9. The minimum Gasteiger partial charge on any atom is -0.377 e. The molecule has 110 valence electrons. The van der Waals surface area contributed by atoms with Crippen molar-refractivity contribution in [1.29, 1.82) is 0 Å². The molecule has 20 heavy (non-hydrogen) atoms. The molecular formula is C14H19FN2O3. The van der Waals surface area contributed by atoms with Crippen molar-refractivity contribution < 1.29 is 14.1 Å². The van der Waals surface area contributed by atoms with E-state index in [-0.39, 0.29) is 12.2 Å². The van der Waals surface area contributed by atoms with Crippen molar-refractivity contribution in [2.75, 3.05) is 13.2 Å². The van der Waals surface area contributed by atoms with E-state index < -0.39 is 16.4 Å². The Morgan fingerprint density at radius 3 is 3.00 bits per heavy atom. The maximum absolute atomic E-state index is 13.8. The number of ether oxygens (including phenoxy) is 1. The van der Waals surface area contributed by atoms with Crippen LogP contribution in [0, 0.1) is 15.9 Å². The summed E-state index contributed by atoms with van der Waals surface area (Å²) in [5.41, 5.74) is -0.268. The molecule has 1 aliphatic heterocycles. The number of nitrogens with zero attached hydrogens (tertiary/aromatic N) is 1. The number of rotatable bonds is 6. The van der Waals surface area contributed by atoms with E-state index in [4.69, 9.17) is 4.74 Å². The lowest BCUT2D eigenvalue weighted by Crippen LogP contribution is -2.34. The van der Waals surface area contributed by atoms with E-state index in [9.17, 15) is 14.5 Å². The van der Waals surface area contributed by atoms with E-state index in [1.165, 1.54) is 25.0 Å². The summed E-state index contributed by atoms with van der Waals surface area (Å²) in [6.45, 7) is 1.64. The van der Waals surface area contributed by atoms with Crippen molar-refractivity contribution >= 4 is 5.69 Å². The third kappa shape index (κ3) is 3.98. The number of hydrogen-bond donors (Lipinski definition) is 1. The van der Waals surface area contributed by atoms with Gasteiger partial charge in [0.1, 0.15) is 0 Å². The summed E-state index contributed by atoms with van der Waals surface area (Å²) < 4.78 is 19.2. The average molecular weight is 282 g/mol. The molecule has 1 saturated heterocycles. The molecule has 1 aromatic rings. The SMILES string of the molecule is O=[N+]([O-])c1cccc(COCCC2CCCCN2)c1F. The molecule has 0 bridgehead atoms. The van der Waals surface area contributed by atoms with Gasteiger partial charge in [-0.25, -0.2) is 0 Å². The van der Waals surface area contributed by atoms with Gasteiger partial charge in [0.25, 0.3) is 0 Å². The highest BCUT2D eigenvalue weighted by Gasteiger charge is 2.17. The average Bonchev–Trinajstić information content (AvgIpc) is 2.46. The van der Waals surface area contributed by atoms with Crippen LogP contribution in [0.5, 0.6) is 0 Å². The monoisotopic (exact) mass is 282 g/mol. The second kappa shape index (κ2) is 7.31. The highest BCUT2D eigenvalue weighted by Crippen LogP contribution is 2.20. The van der Waals surface area contributed by atoms with Gasteiger partial charge in [-0.05, 0) is 25.8 Å². The summed E-state index contributed by atoms with van der Waals surface area (Å²) in [5.74, 6) is -0.798. The summed E-state index contributed by atoms with van der Waals surface area (Å²) in [4.78, 5) is 9.91. The Labute approximate surface area is 117 Å². The van der Waals surface area contributed by atoms with E-state index in [2.05, 4.69) is 5.32 Å². The smallest absolute Gasteiger partial charge is 0.305 e. The molecule has 1 aliphatic rings. The van der Waals surface area contributed by atoms with Gasteiger partial charge < -0.3 is 10.1 Å². The van der Waals surface area contributed by atoms with Gasteiger partial charge in [-0.1, -0.05) is 18.6 Å². The van der Waals surface area contributed by atoms with Crippen LogP contribution in [-0.2, 0) is 11.3 Å². The van der Waals surface area contributed by atoms with Gasteiger partial charge >= 0.3 is 5.69 Å². The van der Waals surface area contributed by atoms with Gasteiger partial charge in [0.05, 0.1) is 11.5 Å². The first-order chi connectivity index (χ1) is 9.68. The Kier molecular flexibility index (Phi) is 5.43. The molecule has 6 heteroatoms. The highest BCUT2D eigenvalue weighted by molar-refractivity contribution is 5.36. The van der Waals surface area contributed by atoms with Gasteiger partial charge in [-0.2, -0.15) is 4.39 Å². The summed E-state index contributed by atoms with van der Waals surface area (Å²) in [5, 5.41) is 14.0. The van der Waals surface area contributed by atoms with Crippen molar-refractivity contribution in [3.05, 3.63) is 39.7 Å². The van der Waals surface area contributed by atoms with E-state index in [0.717, 1.165) is 25.5 Å². The van der Waals surface area contributed by atoms with Crippen molar-refractivity contribution in [2.24, 2.45) is 0 Å². The van der Waals surface area contributed by atoms with Gasteiger partial charge in [-0.15, -0.1) is 0 Å². The number of halogens is 1. The minimum atomic E-state index is -0.798. The number of nitrogens with one attached hydrogen (secondary N) is 1. The molecule has 0 aliphatic carbocycles. The molecule has 1 atom stereocenters. The van der Waals surface area contributed by atoms with Gasteiger partial charge in [-0.3, -0.25) is 10.1 Å². The van der Waals surface area contributed by atoms with Gasteiger partial charge in [0, 0.05) is 24.3 Å². The van der Waals surface area contributed by atoms with Crippen molar-refractivity contribution in [1.82, 2.24) is 5.32 Å². The second-order valence-electron chi connectivity index (χ2n) is 5.00. The number of piperidine rings is 1. The van der Waals surface area contributed by atoms with Crippen molar-refractivity contribution in [3.8, 4) is 0 Å². The highest BCUT2D eigenvalue weighted by atomic mass is 19.1. The molecule has 1 unspecified atom stereocenters. The molecule has 0 saturated carbocycles.